The number of thiophene rings is 1. The lowest BCUT2D eigenvalue weighted by molar-refractivity contribution is -0.121. The third-order valence-corrected chi connectivity index (χ3v) is 5.40. The number of benzene rings is 2. The number of aromatic nitrogens is 1. The Kier molecular flexibility index (Phi) is 4.94. The molecule has 4 nitrogen and oxygen atoms in total. The van der Waals surface area contributed by atoms with Gasteiger partial charge in [0.05, 0.1) is 17.7 Å². The van der Waals surface area contributed by atoms with E-state index in [0.717, 1.165) is 32.8 Å². The number of nitrogens with zero attached hydrogens (tertiary/aromatic N) is 1. The molecule has 4 aromatic rings. The highest BCUT2D eigenvalue weighted by Gasteiger charge is 2.14. The number of hydrogen-bond donors (Lipinski definition) is 1. The van der Waals surface area contributed by atoms with Crippen molar-refractivity contribution >= 4 is 28.1 Å². The molecule has 0 radical (unpaired) electrons. The lowest BCUT2D eigenvalue weighted by Gasteiger charge is -2.11. The van der Waals surface area contributed by atoms with E-state index in [2.05, 4.69) is 39.5 Å². The number of methoxy groups -OCH3 is 1. The SMILES string of the molecule is COc1cccc(CNC(=O)Cn2c(-c3cccs3)cc3ccccc32)c1. The molecule has 1 amide bonds. The fourth-order valence-corrected chi connectivity index (χ4v) is 3.94. The normalized spacial score (nSPS) is 10.9. The molecule has 0 unspecified atom stereocenters. The smallest absolute Gasteiger partial charge is 0.240 e. The largest absolute Gasteiger partial charge is 0.497 e. The summed E-state index contributed by atoms with van der Waals surface area (Å²) in [6, 6.07) is 22.2. The first-order valence-corrected chi connectivity index (χ1v) is 9.64. The van der Waals surface area contributed by atoms with Gasteiger partial charge in [0.2, 0.25) is 5.91 Å². The number of ether oxygens (including phenoxy) is 1. The van der Waals surface area contributed by atoms with Crippen molar-refractivity contribution in [2.75, 3.05) is 7.11 Å². The van der Waals surface area contributed by atoms with Gasteiger partial charge in [0.15, 0.2) is 0 Å². The van der Waals surface area contributed by atoms with Crippen molar-refractivity contribution in [3.8, 4) is 16.3 Å². The van der Waals surface area contributed by atoms with E-state index in [1.165, 1.54) is 0 Å². The number of fused-ring (bicyclic) bond motifs is 1. The van der Waals surface area contributed by atoms with Crippen LogP contribution in [0.3, 0.4) is 0 Å². The molecule has 0 spiro atoms. The molecule has 0 aliphatic rings. The van der Waals surface area contributed by atoms with Gasteiger partial charge in [-0.2, -0.15) is 0 Å². The Morgan fingerprint density at radius 2 is 1.96 bits per heavy atom. The van der Waals surface area contributed by atoms with Crippen LogP contribution in [-0.2, 0) is 17.9 Å². The maximum atomic E-state index is 12.6. The standard InChI is InChI=1S/C22H20N2O2S/c1-26-18-8-4-6-16(12-18)14-23-22(25)15-24-19-9-3-2-7-17(19)13-20(24)21-10-5-11-27-21/h2-13H,14-15H2,1H3,(H,23,25). The first-order chi connectivity index (χ1) is 13.2. The molecule has 0 aliphatic heterocycles. The summed E-state index contributed by atoms with van der Waals surface area (Å²) in [5.41, 5.74) is 3.15. The van der Waals surface area contributed by atoms with Crippen LogP contribution in [0.1, 0.15) is 5.56 Å². The highest BCUT2D eigenvalue weighted by Crippen LogP contribution is 2.31. The number of rotatable bonds is 6. The zero-order valence-electron chi connectivity index (χ0n) is 15.0. The fraction of sp³-hybridized carbons (Fsp3) is 0.136. The van der Waals surface area contributed by atoms with Gasteiger partial charge in [-0.05, 0) is 41.3 Å². The Labute approximate surface area is 162 Å². The van der Waals surface area contributed by atoms with E-state index in [4.69, 9.17) is 4.74 Å². The molecule has 4 rings (SSSR count). The van der Waals surface area contributed by atoms with Crippen LogP contribution in [0.4, 0.5) is 0 Å². The van der Waals surface area contributed by atoms with Gasteiger partial charge in [-0.1, -0.05) is 36.4 Å². The average Bonchev–Trinajstić information content (AvgIpc) is 3.35. The number of hydrogen-bond acceptors (Lipinski definition) is 3. The summed E-state index contributed by atoms with van der Waals surface area (Å²) < 4.78 is 7.32. The van der Waals surface area contributed by atoms with Crippen LogP contribution in [0, 0.1) is 0 Å². The van der Waals surface area contributed by atoms with Gasteiger partial charge in [-0.15, -0.1) is 11.3 Å². The number of carbonyl (C=O) groups is 1. The van der Waals surface area contributed by atoms with Crippen molar-refractivity contribution in [3.05, 3.63) is 77.7 Å². The van der Waals surface area contributed by atoms with Crippen molar-refractivity contribution in [3.63, 3.8) is 0 Å². The highest BCUT2D eigenvalue weighted by atomic mass is 32.1. The summed E-state index contributed by atoms with van der Waals surface area (Å²) >= 11 is 1.68. The van der Waals surface area contributed by atoms with Crippen LogP contribution >= 0.6 is 11.3 Å². The van der Waals surface area contributed by atoms with Gasteiger partial charge in [-0.25, -0.2) is 0 Å². The van der Waals surface area contributed by atoms with Gasteiger partial charge < -0.3 is 14.6 Å². The summed E-state index contributed by atoms with van der Waals surface area (Å²) in [5.74, 6) is 0.773. The number of amides is 1. The molecule has 27 heavy (non-hydrogen) atoms. The van der Waals surface area contributed by atoms with Crippen LogP contribution < -0.4 is 10.1 Å². The second kappa shape index (κ2) is 7.68. The number of nitrogens with one attached hydrogen (secondary N) is 1. The van der Waals surface area contributed by atoms with Gasteiger partial charge in [0.25, 0.3) is 0 Å². The zero-order chi connectivity index (χ0) is 18.6. The second-order valence-corrected chi connectivity index (χ2v) is 7.23. The molecule has 2 heterocycles. The van der Waals surface area contributed by atoms with Gasteiger partial charge >= 0.3 is 0 Å². The molecule has 0 saturated heterocycles. The lowest BCUT2D eigenvalue weighted by atomic mass is 10.2. The van der Waals surface area contributed by atoms with Crippen LogP contribution in [0.2, 0.25) is 0 Å². The molecular weight excluding hydrogens is 356 g/mol. The van der Waals surface area contributed by atoms with Gasteiger partial charge in [0.1, 0.15) is 12.3 Å². The van der Waals surface area contributed by atoms with Crippen molar-refractivity contribution < 1.29 is 9.53 Å². The van der Waals surface area contributed by atoms with Crippen LogP contribution in [0.5, 0.6) is 5.75 Å². The van der Waals surface area contributed by atoms with Crippen molar-refractivity contribution in [1.82, 2.24) is 9.88 Å². The van der Waals surface area contributed by atoms with Gasteiger partial charge in [-0.3, -0.25) is 4.79 Å². The third-order valence-electron chi connectivity index (χ3n) is 4.51. The summed E-state index contributed by atoms with van der Waals surface area (Å²) in [5, 5.41) is 6.21. The van der Waals surface area contributed by atoms with Gasteiger partial charge in [0, 0.05) is 17.4 Å². The number of para-hydroxylation sites is 1. The molecule has 0 aliphatic carbocycles. The van der Waals surface area contributed by atoms with Crippen molar-refractivity contribution in [1.29, 1.82) is 0 Å². The topological polar surface area (TPSA) is 43.3 Å². The van der Waals surface area contributed by atoms with Crippen LogP contribution in [0.25, 0.3) is 21.5 Å². The average molecular weight is 376 g/mol. The Morgan fingerprint density at radius 1 is 1.07 bits per heavy atom. The monoisotopic (exact) mass is 376 g/mol. The minimum absolute atomic E-state index is 0.0167. The predicted octanol–water partition coefficient (Wildman–Crippen LogP) is 4.69. The quantitative estimate of drug-likeness (QED) is 0.530. The first kappa shape index (κ1) is 17.4. The second-order valence-electron chi connectivity index (χ2n) is 6.28. The Hall–Kier alpha value is -3.05. The van der Waals surface area contributed by atoms with E-state index < -0.39 is 0 Å². The maximum Gasteiger partial charge on any atom is 0.240 e. The molecule has 1 N–H and O–H groups in total. The van der Waals surface area contributed by atoms with E-state index >= 15 is 0 Å². The molecule has 2 aromatic heterocycles. The summed E-state index contributed by atoms with van der Waals surface area (Å²) in [4.78, 5) is 13.8. The third kappa shape index (κ3) is 3.73. The molecule has 0 saturated carbocycles. The summed E-state index contributed by atoms with van der Waals surface area (Å²) in [6.07, 6.45) is 0. The Balaban J connectivity index is 1.55. The minimum atomic E-state index is -0.0167. The van der Waals surface area contributed by atoms with Crippen LogP contribution in [0.15, 0.2) is 72.1 Å². The predicted molar refractivity (Wildman–Crippen MR) is 110 cm³/mol. The lowest BCUT2D eigenvalue weighted by Crippen LogP contribution is -2.27. The summed E-state index contributed by atoms with van der Waals surface area (Å²) in [6.45, 7) is 0.758. The first-order valence-electron chi connectivity index (χ1n) is 8.76. The molecule has 2 aromatic carbocycles. The molecular formula is C22H20N2O2S. The van der Waals surface area contributed by atoms with Crippen LogP contribution in [-0.4, -0.2) is 17.6 Å². The zero-order valence-corrected chi connectivity index (χ0v) is 15.8. The molecule has 0 atom stereocenters. The number of carbonyl (C=O) groups excluding carboxylic acids is 1. The van der Waals surface area contributed by atoms with E-state index in [-0.39, 0.29) is 12.5 Å². The molecule has 0 bridgehead atoms. The Morgan fingerprint density at radius 3 is 2.78 bits per heavy atom. The van der Waals surface area contributed by atoms with Crippen molar-refractivity contribution in [2.45, 2.75) is 13.1 Å². The van der Waals surface area contributed by atoms with E-state index in [1.807, 2.05) is 42.5 Å². The molecule has 0 fully saturated rings. The van der Waals surface area contributed by atoms with E-state index in [0.29, 0.717) is 6.54 Å². The molecule has 5 heteroatoms. The molecule has 136 valence electrons. The Bertz CT molecular complexity index is 1070. The maximum absolute atomic E-state index is 12.6. The van der Waals surface area contributed by atoms with E-state index in [1.54, 1.807) is 18.4 Å². The minimum Gasteiger partial charge on any atom is -0.497 e. The van der Waals surface area contributed by atoms with Crippen molar-refractivity contribution in [2.24, 2.45) is 0 Å². The summed E-state index contributed by atoms with van der Waals surface area (Å²) in [7, 11) is 1.64. The highest BCUT2D eigenvalue weighted by molar-refractivity contribution is 7.13. The fourth-order valence-electron chi connectivity index (χ4n) is 3.19. The van der Waals surface area contributed by atoms with E-state index in [9.17, 15) is 4.79 Å².